The Morgan fingerprint density at radius 2 is 1.84 bits per heavy atom. The number of para-hydroxylation sites is 2. The van der Waals surface area contributed by atoms with E-state index >= 15 is 0 Å². The van der Waals surface area contributed by atoms with Crippen molar-refractivity contribution in [3.63, 3.8) is 0 Å². The molecule has 3 N–H and O–H groups in total. The van der Waals surface area contributed by atoms with Crippen LogP contribution in [0.1, 0.15) is 17.0 Å². The normalized spacial score (nSPS) is 11.2. The number of halogens is 1. The SMILES string of the molecule is CN=C(NCCc1nc2ccccc2[nH]1)NCc1ccc(C)cc1.I. The van der Waals surface area contributed by atoms with Crippen LogP contribution >= 0.6 is 24.0 Å². The van der Waals surface area contributed by atoms with Gasteiger partial charge in [0.2, 0.25) is 0 Å². The zero-order chi connectivity index (χ0) is 16.8. The van der Waals surface area contributed by atoms with Crippen LogP contribution in [0.4, 0.5) is 0 Å². The molecule has 6 heteroatoms. The highest BCUT2D eigenvalue weighted by Gasteiger charge is 2.03. The zero-order valence-electron chi connectivity index (χ0n) is 14.5. The van der Waals surface area contributed by atoms with E-state index in [1.165, 1.54) is 11.1 Å². The van der Waals surface area contributed by atoms with Crippen LogP contribution < -0.4 is 10.6 Å². The Kier molecular flexibility index (Phi) is 7.24. The number of aromatic nitrogens is 2. The average molecular weight is 449 g/mol. The molecule has 0 saturated carbocycles. The highest BCUT2D eigenvalue weighted by molar-refractivity contribution is 14.0. The molecule has 0 spiro atoms. The topological polar surface area (TPSA) is 65.1 Å². The van der Waals surface area contributed by atoms with Crippen LogP contribution in [0.15, 0.2) is 53.5 Å². The van der Waals surface area contributed by atoms with Crippen molar-refractivity contribution in [1.29, 1.82) is 0 Å². The molecule has 2 aromatic carbocycles. The number of aromatic amines is 1. The number of imidazole rings is 1. The second kappa shape index (κ2) is 9.41. The van der Waals surface area contributed by atoms with Crippen molar-refractivity contribution in [3.8, 4) is 0 Å². The van der Waals surface area contributed by atoms with Crippen molar-refractivity contribution in [2.75, 3.05) is 13.6 Å². The van der Waals surface area contributed by atoms with Crippen LogP contribution in [0.2, 0.25) is 0 Å². The van der Waals surface area contributed by atoms with Gasteiger partial charge in [-0.15, -0.1) is 24.0 Å². The monoisotopic (exact) mass is 449 g/mol. The molecule has 132 valence electrons. The third kappa shape index (κ3) is 5.45. The molecule has 0 fully saturated rings. The molecule has 3 rings (SSSR count). The Morgan fingerprint density at radius 3 is 2.56 bits per heavy atom. The van der Waals surface area contributed by atoms with Gasteiger partial charge in [0, 0.05) is 26.6 Å². The van der Waals surface area contributed by atoms with E-state index in [0.717, 1.165) is 42.3 Å². The van der Waals surface area contributed by atoms with E-state index in [1.54, 1.807) is 7.05 Å². The molecule has 0 amide bonds. The molecule has 1 aromatic heterocycles. The summed E-state index contributed by atoms with van der Waals surface area (Å²) >= 11 is 0. The number of nitrogens with one attached hydrogen (secondary N) is 3. The van der Waals surface area contributed by atoms with Gasteiger partial charge >= 0.3 is 0 Å². The number of aliphatic imine (C=N–C) groups is 1. The maximum absolute atomic E-state index is 4.58. The average Bonchev–Trinajstić information content (AvgIpc) is 3.02. The summed E-state index contributed by atoms with van der Waals surface area (Å²) in [4.78, 5) is 12.2. The minimum atomic E-state index is 0. The van der Waals surface area contributed by atoms with Gasteiger partial charge in [0.15, 0.2) is 5.96 Å². The maximum atomic E-state index is 4.58. The summed E-state index contributed by atoms with van der Waals surface area (Å²) in [5.74, 6) is 1.78. The zero-order valence-corrected chi connectivity index (χ0v) is 16.9. The predicted molar refractivity (Wildman–Crippen MR) is 115 cm³/mol. The molecule has 0 bridgehead atoms. The van der Waals surface area contributed by atoms with E-state index in [1.807, 2.05) is 24.3 Å². The minimum Gasteiger partial charge on any atom is -0.356 e. The van der Waals surface area contributed by atoms with Crippen LogP contribution in [0, 0.1) is 6.92 Å². The molecule has 0 aliphatic carbocycles. The quantitative estimate of drug-likeness (QED) is 0.318. The lowest BCUT2D eigenvalue weighted by Gasteiger charge is -2.11. The summed E-state index contributed by atoms with van der Waals surface area (Å²) in [6.07, 6.45) is 0.819. The molecular weight excluding hydrogens is 425 g/mol. The highest BCUT2D eigenvalue weighted by Crippen LogP contribution is 2.10. The van der Waals surface area contributed by atoms with E-state index < -0.39 is 0 Å². The first-order chi connectivity index (χ1) is 11.7. The van der Waals surface area contributed by atoms with Crippen LogP contribution in [0.25, 0.3) is 11.0 Å². The van der Waals surface area contributed by atoms with Gasteiger partial charge in [-0.1, -0.05) is 42.0 Å². The Morgan fingerprint density at radius 1 is 1.08 bits per heavy atom. The van der Waals surface area contributed by atoms with Gasteiger partial charge in [-0.3, -0.25) is 4.99 Å². The van der Waals surface area contributed by atoms with Gasteiger partial charge in [0.1, 0.15) is 5.82 Å². The molecule has 5 nitrogen and oxygen atoms in total. The Bertz CT molecular complexity index is 790. The second-order valence-electron chi connectivity index (χ2n) is 5.79. The molecule has 0 atom stereocenters. The lowest BCUT2D eigenvalue weighted by molar-refractivity contribution is 0.777. The van der Waals surface area contributed by atoms with Gasteiger partial charge in [0.25, 0.3) is 0 Å². The third-order valence-electron chi connectivity index (χ3n) is 3.90. The fourth-order valence-electron chi connectivity index (χ4n) is 2.54. The number of H-pyrrole nitrogens is 1. The molecule has 3 aromatic rings. The summed E-state index contributed by atoms with van der Waals surface area (Å²) in [7, 11) is 1.78. The van der Waals surface area contributed by atoms with Crippen molar-refractivity contribution in [2.24, 2.45) is 4.99 Å². The largest absolute Gasteiger partial charge is 0.356 e. The number of nitrogens with zero attached hydrogens (tertiary/aromatic N) is 2. The molecule has 25 heavy (non-hydrogen) atoms. The van der Waals surface area contributed by atoms with Gasteiger partial charge < -0.3 is 15.6 Å². The number of hydrogen-bond acceptors (Lipinski definition) is 2. The van der Waals surface area contributed by atoms with E-state index in [9.17, 15) is 0 Å². The molecule has 0 saturated heterocycles. The predicted octanol–water partition coefficient (Wildman–Crippen LogP) is 3.40. The molecule has 0 radical (unpaired) electrons. The smallest absolute Gasteiger partial charge is 0.191 e. The Balaban J connectivity index is 0.00000225. The van der Waals surface area contributed by atoms with E-state index in [-0.39, 0.29) is 24.0 Å². The Labute approximate surface area is 165 Å². The van der Waals surface area contributed by atoms with Crippen molar-refractivity contribution < 1.29 is 0 Å². The number of aryl methyl sites for hydroxylation is 1. The van der Waals surface area contributed by atoms with Gasteiger partial charge in [-0.25, -0.2) is 4.98 Å². The first-order valence-corrected chi connectivity index (χ1v) is 8.18. The lowest BCUT2D eigenvalue weighted by Crippen LogP contribution is -2.37. The first kappa shape index (κ1) is 19.2. The minimum absolute atomic E-state index is 0. The number of benzene rings is 2. The van der Waals surface area contributed by atoms with Crippen molar-refractivity contribution in [2.45, 2.75) is 19.9 Å². The molecule has 1 heterocycles. The van der Waals surface area contributed by atoms with Crippen LogP contribution in [-0.4, -0.2) is 29.5 Å². The summed E-state index contributed by atoms with van der Waals surface area (Å²) in [6, 6.07) is 16.6. The second-order valence-corrected chi connectivity index (χ2v) is 5.79. The summed E-state index contributed by atoms with van der Waals surface area (Å²) in [5.41, 5.74) is 4.59. The fourth-order valence-corrected chi connectivity index (χ4v) is 2.54. The lowest BCUT2D eigenvalue weighted by atomic mass is 10.1. The molecular formula is C19H24IN5. The maximum Gasteiger partial charge on any atom is 0.191 e. The molecule has 0 aliphatic rings. The highest BCUT2D eigenvalue weighted by atomic mass is 127. The molecule has 0 unspecified atom stereocenters. The first-order valence-electron chi connectivity index (χ1n) is 8.18. The van der Waals surface area contributed by atoms with Gasteiger partial charge in [0.05, 0.1) is 11.0 Å². The van der Waals surface area contributed by atoms with Crippen molar-refractivity contribution in [1.82, 2.24) is 20.6 Å². The number of hydrogen-bond donors (Lipinski definition) is 3. The van der Waals surface area contributed by atoms with Gasteiger partial charge in [-0.05, 0) is 24.6 Å². The third-order valence-corrected chi connectivity index (χ3v) is 3.90. The number of rotatable bonds is 5. The number of fused-ring (bicyclic) bond motifs is 1. The van der Waals surface area contributed by atoms with E-state index in [2.05, 4.69) is 56.8 Å². The van der Waals surface area contributed by atoms with E-state index in [0.29, 0.717) is 0 Å². The number of guanidine groups is 1. The van der Waals surface area contributed by atoms with Crippen molar-refractivity contribution in [3.05, 3.63) is 65.5 Å². The van der Waals surface area contributed by atoms with Crippen molar-refractivity contribution >= 4 is 41.0 Å². The van der Waals surface area contributed by atoms with Gasteiger partial charge in [-0.2, -0.15) is 0 Å². The Hall–Kier alpha value is -2.09. The van der Waals surface area contributed by atoms with E-state index in [4.69, 9.17) is 0 Å². The summed E-state index contributed by atoms with van der Waals surface area (Å²) in [6.45, 7) is 3.62. The van der Waals surface area contributed by atoms with Crippen LogP contribution in [0.3, 0.4) is 0 Å². The summed E-state index contributed by atoms with van der Waals surface area (Å²) < 4.78 is 0. The fraction of sp³-hybridized carbons (Fsp3) is 0.263. The standard InChI is InChI=1S/C19H23N5.HI/c1-14-7-9-15(10-8-14)13-22-19(20-2)21-12-11-18-23-16-5-3-4-6-17(16)24-18;/h3-10H,11-13H2,1-2H3,(H,23,24)(H2,20,21,22);1H. The van der Waals surface area contributed by atoms with Crippen LogP contribution in [-0.2, 0) is 13.0 Å². The molecule has 0 aliphatic heterocycles. The van der Waals surface area contributed by atoms with Crippen LogP contribution in [0.5, 0.6) is 0 Å². The summed E-state index contributed by atoms with van der Waals surface area (Å²) in [5, 5.41) is 6.65.